The number of hydrogen-bond donors (Lipinski definition) is 1. The van der Waals surface area contributed by atoms with Crippen molar-refractivity contribution in [3.63, 3.8) is 0 Å². The highest BCUT2D eigenvalue weighted by Crippen LogP contribution is 2.41. The summed E-state index contributed by atoms with van der Waals surface area (Å²) in [5.74, 6) is 0.284. The fourth-order valence-corrected chi connectivity index (χ4v) is 5.11. The van der Waals surface area contributed by atoms with Crippen LogP contribution in [0.3, 0.4) is 0 Å². The van der Waals surface area contributed by atoms with Gasteiger partial charge in [0.05, 0.1) is 5.52 Å². The summed E-state index contributed by atoms with van der Waals surface area (Å²) in [6.45, 7) is 5.63. The molecule has 2 unspecified atom stereocenters. The first-order chi connectivity index (χ1) is 17.9. The van der Waals surface area contributed by atoms with E-state index in [9.17, 15) is 18.0 Å². The third-order valence-corrected chi connectivity index (χ3v) is 6.90. The Morgan fingerprint density at radius 2 is 1.95 bits per heavy atom. The van der Waals surface area contributed by atoms with Gasteiger partial charge in [0.1, 0.15) is 11.3 Å². The highest BCUT2D eigenvalue weighted by molar-refractivity contribution is 9.10. The molecule has 5 rings (SSSR count). The van der Waals surface area contributed by atoms with Crippen molar-refractivity contribution in [3.05, 3.63) is 58.7 Å². The van der Waals surface area contributed by atoms with Crippen LogP contribution in [0.5, 0.6) is 0 Å². The van der Waals surface area contributed by atoms with Crippen LogP contribution in [0.2, 0.25) is 0 Å². The van der Waals surface area contributed by atoms with Crippen LogP contribution in [0, 0.1) is 0 Å². The first-order valence-electron chi connectivity index (χ1n) is 12.1. The number of alkyl halides is 3. The molecule has 8 nitrogen and oxygen atoms in total. The normalized spacial score (nSPS) is 17.2. The lowest BCUT2D eigenvalue weighted by molar-refractivity contribution is -0.188. The predicted molar refractivity (Wildman–Crippen MR) is 140 cm³/mol. The zero-order valence-electron chi connectivity index (χ0n) is 21.0. The number of aromatic nitrogens is 4. The van der Waals surface area contributed by atoms with Gasteiger partial charge in [-0.25, -0.2) is 9.78 Å². The monoisotopic (exact) mass is 590 g/mol. The zero-order chi connectivity index (χ0) is 27.2. The van der Waals surface area contributed by atoms with Gasteiger partial charge in [0.25, 0.3) is 0 Å². The third kappa shape index (κ3) is 5.19. The number of amides is 1. The number of ether oxygens (including phenoxy) is 1. The number of fused-ring (bicyclic) bond motifs is 2. The summed E-state index contributed by atoms with van der Waals surface area (Å²) in [6, 6.07) is 9.13. The molecule has 0 bridgehead atoms. The smallest absolute Gasteiger partial charge is 0.413 e. The average molecular weight is 591 g/mol. The maximum absolute atomic E-state index is 14.7. The fraction of sp³-hybridized carbons (Fsp3) is 0.385. The Morgan fingerprint density at radius 3 is 2.63 bits per heavy atom. The molecule has 1 amide bonds. The standard InChI is InChI=1S/C26H26BrF3N6O2/c1-25(2,3)38-24(37)36(17-11-12-31-13-17)22(26(28,29)30)16-8-10-20-33-34-23(35(20)14-16)19-9-7-15-5-4-6-18(27)21(15)32-19/h4-10,14,17,22,31H,11-13H2,1-3H3. The van der Waals surface area contributed by atoms with E-state index in [-0.39, 0.29) is 17.9 Å². The van der Waals surface area contributed by atoms with Crippen molar-refractivity contribution in [2.75, 3.05) is 13.1 Å². The molecule has 0 aliphatic carbocycles. The quantitative estimate of drug-likeness (QED) is 0.318. The topological polar surface area (TPSA) is 84.6 Å². The molecule has 1 aliphatic heterocycles. The summed E-state index contributed by atoms with van der Waals surface area (Å²) in [4.78, 5) is 18.7. The highest BCUT2D eigenvalue weighted by atomic mass is 79.9. The summed E-state index contributed by atoms with van der Waals surface area (Å²) in [6.07, 6.45) is -4.08. The lowest BCUT2D eigenvalue weighted by atomic mass is 10.0. The molecule has 0 saturated carbocycles. The Balaban J connectivity index is 1.63. The van der Waals surface area contributed by atoms with Crippen molar-refractivity contribution < 1.29 is 22.7 Å². The van der Waals surface area contributed by atoms with Gasteiger partial charge < -0.3 is 10.1 Å². The minimum atomic E-state index is -4.77. The number of carbonyl (C=O) groups is 1. The van der Waals surface area contributed by atoms with Crippen LogP contribution in [-0.4, -0.2) is 61.5 Å². The number of benzene rings is 1. The van der Waals surface area contributed by atoms with Gasteiger partial charge in [-0.2, -0.15) is 13.2 Å². The van der Waals surface area contributed by atoms with Crippen molar-refractivity contribution in [2.45, 2.75) is 51.1 Å². The molecule has 1 saturated heterocycles. The largest absolute Gasteiger partial charge is 0.444 e. The summed E-state index contributed by atoms with van der Waals surface area (Å²) in [5.41, 5.74) is 0.396. The second-order valence-corrected chi connectivity index (χ2v) is 11.1. The van der Waals surface area contributed by atoms with E-state index in [1.807, 2.05) is 24.3 Å². The molecule has 1 fully saturated rings. The molecule has 4 heterocycles. The van der Waals surface area contributed by atoms with E-state index in [0.29, 0.717) is 29.8 Å². The van der Waals surface area contributed by atoms with E-state index in [1.54, 1.807) is 26.8 Å². The molecular weight excluding hydrogens is 565 g/mol. The molecule has 12 heteroatoms. The summed E-state index contributed by atoms with van der Waals surface area (Å²) in [5, 5.41) is 12.3. The van der Waals surface area contributed by atoms with E-state index in [4.69, 9.17) is 4.74 Å². The van der Waals surface area contributed by atoms with E-state index >= 15 is 0 Å². The molecule has 38 heavy (non-hydrogen) atoms. The van der Waals surface area contributed by atoms with Crippen molar-refractivity contribution in [1.29, 1.82) is 0 Å². The van der Waals surface area contributed by atoms with Crippen molar-refractivity contribution >= 4 is 38.6 Å². The minimum Gasteiger partial charge on any atom is -0.444 e. The fourth-order valence-electron chi connectivity index (χ4n) is 4.64. The number of carbonyl (C=O) groups excluding carboxylic acids is 1. The van der Waals surface area contributed by atoms with Crippen LogP contribution < -0.4 is 5.32 Å². The van der Waals surface area contributed by atoms with Crippen LogP contribution in [0.15, 0.2) is 53.1 Å². The Hall–Kier alpha value is -3.25. The molecule has 1 aromatic carbocycles. The average Bonchev–Trinajstić information content (AvgIpc) is 3.50. The van der Waals surface area contributed by atoms with Gasteiger partial charge in [0.2, 0.25) is 0 Å². The first-order valence-corrected chi connectivity index (χ1v) is 12.9. The Bertz CT molecular complexity index is 1490. The highest BCUT2D eigenvalue weighted by Gasteiger charge is 2.50. The summed E-state index contributed by atoms with van der Waals surface area (Å²) < 4.78 is 51.9. The van der Waals surface area contributed by atoms with Gasteiger partial charge in [-0.1, -0.05) is 24.3 Å². The SMILES string of the molecule is CC(C)(C)OC(=O)N(C1CCNC1)C(c1ccc2nnc(-c3ccc4cccc(Br)c4n3)n2c1)C(F)(F)F. The molecule has 200 valence electrons. The van der Waals surface area contributed by atoms with Gasteiger partial charge in [0.15, 0.2) is 17.5 Å². The van der Waals surface area contributed by atoms with Crippen LogP contribution in [0.1, 0.15) is 38.8 Å². The third-order valence-electron chi connectivity index (χ3n) is 6.26. The number of halogens is 4. The van der Waals surface area contributed by atoms with Gasteiger partial charge in [-0.15, -0.1) is 10.2 Å². The molecule has 1 N–H and O–H groups in total. The number of hydrogen-bond acceptors (Lipinski definition) is 6. The summed E-state index contributed by atoms with van der Waals surface area (Å²) >= 11 is 3.49. The van der Waals surface area contributed by atoms with E-state index in [2.05, 4.69) is 36.4 Å². The molecule has 3 aromatic heterocycles. The molecule has 0 radical (unpaired) electrons. The van der Waals surface area contributed by atoms with Crippen molar-refractivity contribution in [3.8, 4) is 11.5 Å². The van der Waals surface area contributed by atoms with E-state index in [0.717, 1.165) is 14.8 Å². The van der Waals surface area contributed by atoms with Gasteiger partial charge >= 0.3 is 12.3 Å². The molecule has 0 spiro atoms. The van der Waals surface area contributed by atoms with E-state index < -0.39 is 30.0 Å². The number of nitrogens with one attached hydrogen (secondary N) is 1. The van der Waals surface area contributed by atoms with Crippen LogP contribution in [0.25, 0.3) is 28.1 Å². The summed E-state index contributed by atoms with van der Waals surface area (Å²) in [7, 11) is 0. The minimum absolute atomic E-state index is 0.134. The number of nitrogens with zero attached hydrogens (tertiary/aromatic N) is 5. The van der Waals surface area contributed by atoms with Crippen molar-refractivity contribution in [1.82, 2.24) is 29.8 Å². The van der Waals surface area contributed by atoms with Gasteiger partial charge in [-0.3, -0.25) is 9.30 Å². The number of pyridine rings is 2. The maximum atomic E-state index is 14.7. The van der Waals surface area contributed by atoms with Crippen molar-refractivity contribution in [2.24, 2.45) is 0 Å². The molecule has 2 atom stereocenters. The molecular formula is C26H26BrF3N6O2. The lowest BCUT2D eigenvalue weighted by Gasteiger charge is -2.38. The van der Waals surface area contributed by atoms with Crippen LogP contribution >= 0.6 is 15.9 Å². The first kappa shape index (κ1) is 26.4. The predicted octanol–water partition coefficient (Wildman–Crippen LogP) is 5.91. The second-order valence-electron chi connectivity index (χ2n) is 10.2. The Kier molecular flexibility index (Phi) is 6.80. The number of rotatable bonds is 4. The molecule has 4 aromatic rings. The maximum Gasteiger partial charge on any atom is 0.413 e. The number of para-hydroxylation sites is 1. The Labute approximate surface area is 225 Å². The van der Waals surface area contributed by atoms with Crippen LogP contribution in [0.4, 0.5) is 18.0 Å². The van der Waals surface area contributed by atoms with Gasteiger partial charge in [-0.05, 0) is 67.9 Å². The van der Waals surface area contributed by atoms with Gasteiger partial charge in [0, 0.05) is 34.2 Å². The zero-order valence-corrected chi connectivity index (χ0v) is 22.5. The van der Waals surface area contributed by atoms with Crippen LogP contribution in [-0.2, 0) is 4.74 Å². The Morgan fingerprint density at radius 1 is 1.16 bits per heavy atom. The second kappa shape index (κ2) is 9.81. The molecule has 1 aliphatic rings. The van der Waals surface area contributed by atoms with E-state index in [1.165, 1.54) is 22.7 Å². The lowest BCUT2D eigenvalue weighted by Crippen LogP contribution is -2.50.